The Morgan fingerprint density at radius 1 is 1.40 bits per heavy atom. The second-order valence-electron chi connectivity index (χ2n) is 3.64. The van der Waals surface area contributed by atoms with Crippen LogP contribution in [0, 0.1) is 0 Å². The molecule has 0 amide bonds. The van der Waals surface area contributed by atoms with E-state index in [0.717, 1.165) is 0 Å². The number of benzene rings is 1. The second kappa shape index (κ2) is 6.90. The molecule has 8 heteroatoms. The zero-order chi connectivity index (χ0) is 15.3. The van der Waals surface area contributed by atoms with Gasteiger partial charge in [0.25, 0.3) is 12.0 Å². The molecule has 0 unspecified atom stereocenters. The van der Waals surface area contributed by atoms with E-state index in [1.807, 2.05) is 0 Å². The van der Waals surface area contributed by atoms with Crippen LogP contribution in [-0.4, -0.2) is 31.0 Å². The summed E-state index contributed by atoms with van der Waals surface area (Å²) in [4.78, 5) is 22.3. The summed E-state index contributed by atoms with van der Waals surface area (Å²) in [6, 6.07) is 4.04. The third-order valence-corrected chi connectivity index (χ3v) is 2.47. The van der Waals surface area contributed by atoms with Gasteiger partial charge in [-0.15, -0.1) is 0 Å². The molecule has 0 fully saturated rings. The lowest BCUT2D eigenvalue weighted by Crippen LogP contribution is -2.26. The highest BCUT2D eigenvalue weighted by Gasteiger charge is 2.17. The summed E-state index contributed by atoms with van der Waals surface area (Å²) in [5.41, 5.74) is 3.63. The van der Waals surface area contributed by atoms with E-state index in [1.165, 1.54) is 25.2 Å². The Labute approximate surface area is 114 Å². The molecule has 0 aliphatic carbocycles. The number of carbonyl (C=O) groups is 1. The Morgan fingerprint density at radius 2 is 2.05 bits per heavy atom. The van der Waals surface area contributed by atoms with Crippen LogP contribution in [0.4, 0.5) is 8.78 Å². The number of hydrogen-bond acceptors (Lipinski definition) is 4. The van der Waals surface area contributed by atoms with Gasteiger partial charge in [-0.3, -0.25) is 4.79 Å². The first-order valence-corrected chi connectivity index (χ1v) is 5.64. The Hall–Kier alpha value is -2.09. The average Bonchev–Trinajstić information content (AvgIpc) is 2.44. The van der Waals surface area contributed by atoms with Gasteiger partial charge in [0.15, 0.2) is 0 Å². The van der Waals surface area contributed by atoms with Crippen molar-refractivity contribution in [3.63, 3.8) is 0 Å². The molecule has 0 aliphatic rings. The van der Waals surface area contributed by atoms with Crippen molar-refractivity contribution in [3.8, 4) is 0 Å². The normalized spacial score (nSPS) is 10.2. The van der Waals surface area contributed by atoms with E-state index in [1.54, 1.807) is 0 Å². The number of halogens is 2. The van der Waals surface area contributed by atoms with Crippen LogP contribution in [0.1, 0.15) is 12.1 Å². The number of nitrogens with two attached hydrogens (primary N) is 1. The molecule has 1 aromatic heterocycles. The highest BCUT2D eigenvalue weighted by atomic mass is 19.3. The SMILES string of the molecule is CN.[B]c1ccc2c(C(F)F)nn(CC=O)c(=O)c2c1. The van der Waals surface area contributed by atoms with E-state index < -0.39 is 17.7 Å². The predicted molar refractivity (Wildman–Crippen MR) is 72.5 cm³/mol. The minimum absolute atomic E-state index is 0.0298. The van der Waals surface area contributed by atoms with E-state index in [0.29, 0.717) is 11.0 Å². The van der Waals surface area contributed by atoms with Gasteiger partial charge in [-0.25, -0.2) is 13.5 Å². The molecule has 2 rings (SSSR count). The second-order valence-corrected chi connectivity index (χ2v) is 3.64. The number of rotatable bonds is 3. The standard InChI is InChI=1S/C11H7BF2N2O2.CH5N/c12-6-1-2-7-8(5-6)11(18)16(3-4-17)15-9(7)10(13)14;1-2/h1-2,4-5,10H,3H2;2H2,1H3. The molecule has 0 bridgehead atoms. The molecule has 2 radical (unpaired) electrons. The zero-order valence-electron chi connectivity index (χ0n) is 10.7. The van der Waals surface area contributed by atoms with Gasteiger partial charge in [0.1, 0.15) is 26.4 Å². The van der Waals surface area contributed by atoms with Crippen molar-refractivity contribution >= 4 is 30.4 Å². The Bertz CT molecular complexity index is 674. The predicted octanol–water partition coefficient (Wildman–Crippen LogP) is -0.0983. The maximum absolute atomic E-state index is 12.9. The lowest BCUT2D eigenvalue weighted by molar-refractivity contribution is -0.108. The summed E-state index contributed by atoms with van der Waals surface area (Å²) in [6.45, 7) is -0.372. The fraction of sp³-hybridized carbons (Fsp3) is 0.250. The quantitative estimate of drug-likeness (QED) is 0.628. The molecule has 0 atom stereocenters. The van der Waals surface area contributed by atoms with Crippen LogP contribution in [0.3, 0.4) is 0 Å². The first-order valence-electron chi connectivity index (χ1n) is 5.64. The van der Waals surface area contributed by atoms with Gasteiger partial charge >= 0.3 is 0 Å². The fourth-order valence-electron chi connectivity index (χ4n) is 1.69. The molecule has 5 nitrogen and oxygen atoms in total. The topological polar surface area (TPSA) is 78.0 Å². The molecule has 104 valence electrons. The highest BCUT2D eigenvalue weighted by Crippen LogP contribution is 2.22. The number of alkyl halides is 2. The molecule has 0 saturated heterocycles. The summed E-state index contributed by atoms with van der Waals surface area (Å²) < 4.78 is 26.4. The first-order chi connectivity index (χ1) is 9.54. The molecular formula is C12H12BF2N3O2. The summed E-state index contributed by atoms with van der Waals surface area (Å²) in [6.07, 6.45) is -2.42. The minimum atomic E-state index is -2.84. The maximum atomic E-state index is 12.9. The van der Waals surface area contributed by atoms with E-state index in [4.69, 9.17) is 7.85 Å². The molecule has 0 spiro atoms. The highest BCUT2D eigenvalue weighted by molar-refractivity contribution is 6.33. The summed E-state index contributed by atoms with van der Waals surface area (Å²) in [5.74, 6) is 0. The monoisotopic (exact) mass is 279 g/mol. The Morgan fingerprint density at radius 3 is 2.60 bits per heavy atom. The van der Waals surface area contributed by atoms with Gasteiger partial charge in [0.05, 0.1) is 5.39 Å². The van der Waals surface area contributed by atoms with Gasteiger partial charge in [-0.1, -0.05) is 23.7 Å². The zero-order valence-corrected chi connectivity index (χ0v) is 10.7. The number of aromatic nitrogens is 2. The molecular weight excluding hydrogens is 267 g/mol. The van der Waals surface area contributed by atoms with E-state index in [-0.39, 0.29) is 22.8 Å². The van der Waals surface area contributed by atoms with Crippen LogP contribution in [0.5, 0.6) is 0 Å². The van der Waals surface area contributed by atoms with Crippen LogP contribution in [0.15, 0.2) is 23.0 Å². The van der Waals surface area contributed by atoms with E-state index in [9.17, 15) is 18.4 Å². The van der Waals surface area contributed by atoms with Crippen molar-refractivity contribution in [2.75, 3.05) is 7.05 Å². The molecule has 0 aliphatic heterocycles. The number of carbonyl (C=O) groups excluding carboxylic acids is 1. The van der Waals surface area contributed by atoms with Crippen molar-refractivity contribution in [2.45, 2.75) is 13.0 Å². The van der Waals surface area contributed by atoms with Crippen molar-refractivity contribution in [2.24, 2.45) is 5.73 Å². The van der Waals surface area contributed by atoms with Crippen molar-refractivity contribution in [1.29, 1.82) is 0 Å². The Kier molecular flexibility index (Phi) is 5.51. The summed E-state index contributed by atoms with van der Waals surface area (Å²) in [7, 11) is 7.02. The Balaban J connectivity index is 0.000000956. The lowest BCUT2D eigenvalue weighted by Gasteiger charge is -2.09. The number of fused-ring (bicyclic) bond motifs is 1. The van der Waals surface area contributed by atoms with Crippen LogP contribution in [-0.2, 0) is 11.3 Å². The summed E-state index contributed by atoms with van der Waals surface area (Å²) in [5, 5.41) is 3.58. The van der Waals surface area contributed by atoms with Crippen molar-refractivity contribution in [1.82, 2.24) is 9.78 Å². The van der Waals surface area contributed by atoms with E-state index in [2.05, 4.69) is 10.8 Å². The smallest absolute Gasteiger partial charge is 0.282 e. The molecule has 0 saturated carbocycles. The summed E-state index contributed by atoms with van der Waals surface area (Å²) >= 11 is 0. The molecule has 2 aromatic rings. The minimum Gasteiger partial charge on any atom is -0.333 e. The third-order valence-electron chi connectivity index (χ3n) is 2.47. The number of hydrogen-bond donors (Lipinski definition) is 1. The average molecular weight is 279 g/mol. The van der Waals surface area contributed by atoms with Gasteiger partial charge in [-0.2, -0.15) is 5.10 Å². The number of nitrogens with zero attached hydrogens (tertiary/aromatic N) is 2. The van der Waals surface area contributed by atoms with Crippen LogP contribution >= 0.6 is 0 Å². The largest absolute Gasteiger partial charge is 0.333 e. The molecule has 1 heterocycles. The van der Waals surface area contributed by atoms with Crippen LogP contribution in [0.2, 0.25) is 0 Å². The molecule has 20 heavy (non-hydrogen) atoms. The third kappa shape index (κ3) is 3.08. The van der Waals surface area contributed by atoms with Crippen molar-refractivity contribution < 1.29 is 13.6 Å². The molecule has 1 aromatic carbocycles. The van der Waals surface area contributed by atoms with Gasteiger partial charge in [0, 0.05) is 5.39 Å². The van der Waals surface area contributed by atoms with Crippen LogP contribution < -0.4 is 16.8 Å². The lowest BCUT2D eigenvalue weighted by atomic mass is 9.94. The number of aldehydes is 1. The van der Waals surface area contributed by atoms with Crippen molar-refractivity contribution in [3.05, 3.63) is 34.2 Å². The van der Waals surface area contributed by atoms with Crippen LogP contribution in [0.25, 0.3) is 10.8 Å². The van der Waals surface area contributed by atoms with Gasteiger partial charge < -0.3 is 10.5 Å². The maximum Gasteiger partial charge on any atom is 0.282 e. The van der Waals surface area contributed by atoms with Gasteiger partial charge in [0.2, 0.25) is 0 Å². The molecule has 2 N–H and O–H groups in total. The van der Waals surface area contributed by atoms with Gasteiger partial charge in [-0.05, 0) is 7.05 Å². The van der Waals surface area contributed by atoms with E-state index >= 15 is 0 Å². The fourth-order valence-corrected chi connectivity index (χ4v) is 1.69. The first kappa shape index (κ1) is 16.0.